The number of nitrogens with two attached hydrogens (primary N) is 1. The third-order valence-corrected chi connectivity index (χ3v) is 4.72. The maximum absolute atomic E-state index is 6.14. The molecule has 0 radical (unpaired) electrons. The molecule has 2 aliphatic rings. The number of piperidine rings is 1. The molecule has 19 heavy (non-hydrogen) atoms. The number of fused-ring (bicyclic) bond motifs is 1. The first kappa shape index (κ1) is 13.1. The van der Waals surface area contributed by atoms with Crippen LogP contribution in [0.3, 0.4) is 0 Å². The average Bonchev–Trinajstić information content (AvgIpc) is 2.38. The summed E-state index contributed by atoms with van der Waals surface area (Å²) in [7, 11) is 0. The van der Waals surface area contributed by atoms with Gasteiger partial charge in [0.05, 0.1) is 11.4 Å². The van der Waals surface area contributed by atoms with Crippen molar-refractivity contribution in [2.24, 2.45) is 0 Å². The van der Waals surface area contributed by atoms with E-state index >= 15 is 0 Å². The average molecular weight is 280 g/mol. The van der Waals surface area contributed by atoms with Crippen molar-refractivity contribution in [3.63, 3.8) is 0 Å². The van der Waals surface area contributed by atoms with Crippen LogP contribution in [-0.2, 0) is 0 Å². The smallest absolute Gasteiger partial charge is 0.0604 e. The van der Waals surface area contributed by atoms with Crippen LogP contribution in [0.15, 0.2) is 18.2 Å². The first-order chi connectivity index (χ1) is 9.15. The van der Waals surface area contributed by atoms with Gasteiger partial charge in [-0.15, -0.1) is 0 Å². The van der Waals surface area contributed by atoms with Crippen molar-refractivity contribution in [3.05, 3.63) is 23.2 Å². The van der Waals surface area contributed by atoms with Gasteiger partial charge in [-0.1, -0.05) is 18.0 Å². The van der Waals surface area contributed by atoms with E-state index in [1.807, 2.05) is 12.1 Å². The Morgan fingerprint density at radius 3 is 2.89 bits per heavy atom. The van der Waals surface area contributed by atoms with Gasteiger partial charge in [0.15, 0.2) is 0 Å². The highest BCUT2D eigenvalue weighted by Crippen LogP contribution is 2.32. The van der Waals surface area contributed by atoms with Crippen LogP contribution in [0.4, 0.5) is 11.4 Å². The van der Waals surface area contributed by atoms with Crippen LogP contribution in [0.1, 0.15) is 26.2 Å². The minimum absolute atomic E-state index is 0.512. The summed E-state index contributed by atoms with van der Waals surface area (Å²) in [5, 5.41) is 0.713. The van der Waals surface area contributed by atoms with Gasteiger partial charge in [-0.3, -0.25) is 4.90 Å². The molecule has 2 heterocycles. The first-order valence-electron chi connectivity index (χ1n) is 7.21. The summed E-state index contributed by atoms with van der Waals surface area (Å²) in [6.07, 6.45) is 4.03. The van der Waals surface area contributed by atoms with E-state index in [4.69, 9.17) is 17.3 Å². The highest BCUT2D eigenvalue weighted by molar-refractivity contribution is 6.31. The first-order valence-corrected chi connectivity index (χ1v) is 7.58. The molecular formula is C15H22ClN3. The van der Waals surface area contributed by atoms with Gasteiger partial charge in [0, 0.05) is 30.2 Å². The van der Waals surface area contributed by atoms with Gasteiger partial charge in [0.1, 0.15) is 0 Å². The highest BCUT2D eigenvalue weighted by atomic mass is 35.5. The third kappa shape index (κ3) is 2.54. The van der Waals surface area contributed by atoms with Crippen molar-refractivity contribution in [1.82, 2.24) is 4.90 Å². The van der Waals surface area contributed by atoms with Crippen molar-refractivity contribution in [1.29, 1.82) is 0 Å². The molecule has 2 unspecified atom stereocenters. The maximum atomic E-state index is 6.14. The molecular weight excluding hydrogens is 258 g/mol. The largest absolute Gasteiger partial charge is 0.397 e. The molecule has 0 amide bonds. The van der Waals surface area contributed by atoms with Crippen LogP contribution in [0.5, 0.6) is 0 Å². The SMILES string of the molecule is CC1CN2CCCCC2CN1c1ccc(Cl)cc1N. The minimum Gasteiger partial charge on any atom is -0.397 e. The van der Waals surface area contributed by atoms with E-state index < -0.39 is 0 Å². The number of rotatable bonds is 1. The highest BCUT2D eigenvalue weighted by Gasteiger charge is 2.33. The van der Waals surface area contributed by atoms with Crippen LogP contribution in [-0.4, -0.2) is 36.6 Å². The summed E-state index contributed by atoms with van der Waals surface area (Å²) in [6.45, 7) is 5.79. The molecule has 2 aliphatic heterocycles. The molecule has 2 saturated heterocycles. The van der Waals surface area contributed by atoms with Crippen LogP contribution in [0, 0.1) is 0 Å². The zero-order valence-corrected chi connectivity index (χ0v) is 12.2. The van der Waals surface area contributed by atoms with E-state index in [0.717, 1.165) is 24.5 Å². The minimum atomic E-state index is 0.512. The molecule has 4 heteroatoms. The van der Waals surface area contributed by atoms with E-state index in [-0.39, 0.29) is 0 Å². The molecule has 2 fully saturated rings. The quantitative estimate of drug-likeness (QED) is 0.802. The van der Waals surface area contributed by atoms with E-state index in [0.29, 0.717) is 17.1 Å². The summed E-state index contributed by atoms with van der Waals surface area (Å²) in [5.74, 6) is 0. The molecule has 1 aromatic rings. The Balaban J connectivity index is 1.83. The lowest BCUT2D eigenvalue weighted by Crippen LogP contribution is -2.59. The van der Waals surface area contributed by atoms with Gasteiger partial charge < -0.3 is 10.6 Å². The number of benzene rings is 1. The zero-order valence-electron chi connectivity index (χ0n) is 11.5. The summed E-state index contributed by atoms with van der Waals surface area (Å²) in [5.41, 5.74) is 8.08. The number of anilines is 2. The number of hydrogen-bond donors (Lipinski definition) is 1. The molecule has 3 rings (SSSR count). The van der Waals surface area contributed by atoms with Gasteiger partial charge in [-0.25, -0.2) is 0 Å². The Morgan fingerprint density at radius 1 is 1.26 bits per heavy atom. The van der Waals surface area contributed by atoms with Crippen molar-refractivity contribution < 1.29 is 0 Å². The van der Waals surface area contributed by atoms with Gasteiger partial charge in [0.2, 0.25) is 0 Å². The summed E-state index contributed by atoms with van der Waals surface area (Å²) >= 11 is 6.00. The Morgan fingerprint density at radius 2 is 2.11 bits per heavy atom. The molecule has 0 aromatic heterocycles. The molecule has 3 nitrogen and oxygen atoms in total. The number of halogens is 1. The summed E-state index contributed by atoms with van der Waals surface area (Å²) in [4.78, 5) is 5.11. The summed E-state index contributed by atoms with van der Waals surface area (Å²) in [6, 6.07) is 7.06. The topological polar surface area (TPSA) is 32.5 Å². The Kier molecular flexibility index (Phi) is 3.59. The predicted octanol–water partition coefficient (Wildman–Crippen LogP) is 2.99. The lowest BCUT2D eigenvalue weighted by Gasteiger charge is -2.48. The van der Waals surface area contributed by atoms with Crippen molar-refractivity contribution in [2.75, 3.05) is 30.3 Å². The fourth-order valence-electron chi connectivity index (χ4n) is 3.47. The molecule has 104 valence electrons. The molecule has 0 spiro atoms. The monoisotopic (exact) mass is 279 g/mol. The molecule has 2 N–H and O–H groups in total. The van der Waals surface area contributed by atoms with Crippen LogP contribution in [0.2, 0.25) is 5.02 Å². The fraction of sp³-hybridized carbons (Fsp3) is 0.600. The van der Waals surface area contributed by atoms with Crippen molar-refractivity contribution in [2.45, 2.75) is 38.3 Å². The lowest BCUT2D eigenvalue weighted by atomic mass is 9.96. The van der Waals surface area contributed by atoms with Crippen LogP contribution >= 0.6 is 11.6 Å². The predicted molar refractivity (Wildman–Crippen MR) is 81.9 cm³/mol. The standard InChI is InChI=1S/C15H22ClN3/c1-11-9-18-7-3-2-4-13(18)10-19(11)15-6-5-12(16)8-14(15)17/h5-6,8,11,13H,2-4,7,9-10,17H2,1H3. The molecule has 2 atom stereocenters. The second-order valence-electron chi connectivity index (χ2n) is 5.85. The number of hydrogen-bond acceptors (Lipinski definition) is 3. The molecule has 0 bridgehead atoms. The summed E-state index contributed by atoms with van der Waals surface area (Å²) < 4.78 is 0. The zero-order chi connectivity index (χ0) is 13.4. The number of piperazine rings is 1. The fourth-order valence-corrected chi connectivity index (χ4v) is 3.66. The van der Waals surface area contributed by atoms with Gasteiger partial charge >= 0.3 is 0 Å². The maximum Gasteiger partial charge on any atom is 0.0604 e. The normalized spacial score (nSPS) is 28.2. The van der Waals surface area contributed by atoms with Crippen LogP contribution in [0.25, 0.3) is 0 Å². The van der Waals surface area contributed by atoms with Gasteiger partial charge in [-0.05, 0) is 44.5 Å². The number of nitrogens with zero attached hydrogens (tertiary/aromatic N) is 2. The van der Waals surface area contributed by atoms with E-state index in [1.165, 1.54) is 25.8 Å². The van der Waals surface area contributed by atoms with E-state index in [2.05, 4.69) is 22.8 Å². The van der Waals surface area contributed by atoms with Gasteiger partial charge in [0.25, 0.3) is 0 Å². The molecule has 1 aromatic carbocycles. The number of nitrogen functional groups attached to an aromatic ring is 1. The van der Waals surface area contributed by atoms with Crippen molar-refractivity contribution >= 4 is 23.0 Å². The lowest BCUT2D eigenvalue weighted by molar-refractivity contribution is 0.115. The second-order valence-corrected chi connectivity index (χ2v) is 6.29. The Hall–Kier alpha value is -0.930. The van der Waals surface area contributed by atoms with E-state index in [1.54, 1.807) is 0 Å². The van der Waals surface area contributed by atoms with E-state index in [9.17, 15) is 0 Å². The third-order valence-electron chi connectivity index (χ3n) is 4.49. The van der Waals surface area contributed by atoms with Crippen molar-refractivity contribution in [3.8, 4) is 0 Å². The van der Waals surface area contributed by atoms with Gasteiger partial charge in [-0.2, -0.15) is 0 Å². The Labute approximate surface area is 120 Å². The van der Waals surface area contributed by atoms with Crippen LogP contribution < -0.4 is 10.6 Å². The molecule has 0 saturated carbocycles. The molecule has 0 aliphatic carbocycles. The second kappa shape index (κ2) is 5.22. The Bertz CT molecular complexity index is 463.